The summed E-state index contributed by atoms with van der Waals surface area (Å²) < 4.78 is 40.7. The molecule has 0 aromatic carbocycles. The van der Waals surface area contributed by atoms with Gasteiger partial charge in [-0.05, 0) is 0 Å². The molecule has 1 saturated heterocycles. The lowest BCUT2D eigenvalue weighted by atomic mass is 9.99. The fraction of sp³-hybridized carbons (Fsp3) is 1.00. The molecule has 0 bridgehead atoms. The van der Waals surface area contributed by atoms with Gasteiger partial charge in [-0.2, -0.15) is 0 Å². The predicted octanol–water partition coefficient (Wildman–Crippen LogP) is -1.26. The van der Waals surface area contributed by atoms with Gasteiger partial charge in [0.15, 0.2) is 6.29 Å². The summed E-state index contributed by atoms with van der Waals surface area (Å²) in [6.07, 6.45) is -5.45. The minimum Gasteiger partial charge on any atom is -0.387 e. The highest BCUT2D eigenvalue weighted by atomic mass is 16.7. The Kier molecular flexibility index (Phi) is 3.39. The third kappa shape index (κ3) is 2.66. The zero-order chi connectivity index (χ0) is 13.5. The molecule has 0 aromatic heterocycles. The average Bonchev–Trinajstić information content (AvgIpc) is 2.36. The van der Waals surface area contributed by atoms with Crippen LogP contribution >= 0.6 is 0 Å². The van der Waals surface area contributed by atoms with Crippen molar-refractivity contribution < 1.29 is 33.3 Å². The van der Waals surface area contributed by atoms with Gasteiger partial charge in [0, 0.05) is 21.3 Å². The van der Waals surface area contributed by atoms with Crippen molar-refractivity contribution >= 4 is 0 Å². The monoisotopic (exact) mass is 225 g/mol. The quantitative estimate of drug-likeness (QED) is 0.622. The Labute approximate surface area is 92.9 Å². The van der Waals surface area contributed by atoms with Gasteiger partial charge in [-0.1, -0.05) is 0 Å². The lowest BCUT2D eigenvalue weighted by molar-refractivity contribution is -0.296. The normalized spacial score (nSPS) is 44.4. The molecule has 1 heterocycles. The van der Waals surface area contributed by atoms with Gasteiger partial charge in [0.25, 0.3) is 0 Å². The molecular weight excluding hydrogens is 204 g/mol. The summed E-state index contributed by atoms with van der Waals surface area (Å²) in [5.74, 6) is 0. The van der Waals surface area contributed by atoms with E-state index in [-0.39, 0.29) is 13.7 Å². The van der Waals surface area contributed by atoms with Crippen LogP contribution in [0.4, 0.5) is 0 Å². The number of aliphatic hydroxyl groups excluding tert-OH is 2. The van der Waals surface area contributed by atoms with Crippen LogP contribution in [0.5, 0.6) is 0 Å². The minimum atomic E-state index is -1.41. The molecule has 1 aliphatic rings. The summed E-state index contributed by atoms with van der Waals surface area (Å²) >= 11 is 0. The molecule has 0 aromatic rings. The van der Waals surface area contributed by atoms with E-state index in [0.717, 1.165) is 0 Å². The van der Waals surface area contributed by atoms with Gasteiger partial charge < -0.3 is 29.2 Å². The largest absolute Gasteiger partial charge is 0.387 e. The second-order valence-electron chi connectivity index (χ2n) is 3.19. The van der Waals surface area contributed by atoms with Crippen LogP contribution in [0.2, 0.25) is 0 Å². The molecule has 2 N–H and O–H groups in total. The van der Waals surface area contributed by atoms with Gasteiger partial charge in [0.1, 0.15) is 24.4 Å². The number of ether oxygens (including phenoxy) is 4. The maximum atomic E-state index is 9.97. The molecule has 5 atom stereocenters. The van der Waals surface area contributed by atoms with Gasteiger partial charge in [0.2, 0.25) is 0 Å². The first-order valence-corrected chi connectivity index (χ1v) is 4.36. The Hall–Kier alpha value is -0.240. The molecule has 6 nitrogen and oxygen atoms in total. The summed E-state index contributed by atoms with van der Waals surface area (Å²) in [7, 11) is -1.12. The second kappa shape index (κ2) is 5.74. The van der Waals surface area contributed by atoms with Crippen LogP contribution in [0, 0.1) is 0 Å². The van der Waals surface area contributed by atoms with E-state index in [4.69, 9.17) is 23.1 Å². The fourth-order valence-electron chi connectivity index (χ4n) is 1.55. The summed E-state index contributed by atoms with van der Waals surface area (Å²) in [5.41, 5.74) is 0. The molecule has 0 aliphatic carbocycles. The highest BCUT2D eigenvalue weighted by Gasteiger charge is 2.45. The Balaban J connectivity index is 2.69. The van der Waals surface area contributed by atoms with Crippen LogP contribution in [0.15, 0.2) is 0 Å². The first-order valence-electron chi connectivity index (χ1n) is 6.48. The molecule has 90 valence electrons. The van der Waals surface area contributed by atoms with Gasteiger partial charge >= 0.3 is 0 Å². The molecule has 0 radical (unpaired) electrons. The maximum absolute atomic E-state index is 9.97. The van der Waals surface area contributed by atoms with E-state index in [0.29, 0.717) is 0 Å². The summed E-state index contributed by atoms with van der Waals surface area (Å²) in [4.78, 5) is 0. The molecule has 1 rings (SSSR count). The van der Waals surface area contributed by atoms with Crippen molar-refractivity contribution in [2.45, 2.75) is 30.7 Å². The van der Waals surface area contributed by atoms with Crippen molar-refractivity contribution in [2.24, 2.45) is 0 Å². The molecule has 1 unspecified atom stereocenters. The van der Waals surface area contributed by atoms with Crippen LogP contribution < -0.4 is 0 Å². The summed E-state index contributed by atoms with van der Waals surface area (Å²) in [6.45, 7) is -0.0458. The Morgan fingerprint density at radius 2 is 1.93 bits per heavy atom. The molecule has 6 heteroatoms. The average molecular weight is 225 g/mol. The van der Waals surface area contributed by atoms with E-state index in [2.05, 4.69) is 0 Å². The molecule has 0 amide bonds. The highest BCUT2D eigenvalue weighted by molar-refractivity contribution is 4.90. The summed E-state index contributed by atoms with van der Waals surface area (Å²) in [6, 6.07) is 0. The van der Waals surface area contributed by atoms with Crippen molar-refractivity contribution in [3.63, 3.8) is 0 Å². The highest BCUT2D eigenvalue weighted by Crippen LogP contribution is 2.23. The Morgan fingerprint density at radius 1 is 1.20 bits per heavy atom. The maximum Gasteiger partial charge on any atom is 0.184 e. The van der Waals surface area contributed by atoms with Crippen LogP contribution in [-0.2, 0) is 18.9 Å². The SMILES string of the molecule is [2H]COC[C@H]1OC(O)[C@H](OC[2H])[C@@H](O)[C@@H]1OC[2H]. The topological polar surface area (TPSA) is 77.4 Å². The molecule has 0 saturated carbocycles. The number of hydrogen-bond donors (Lipinski definition) is 2. The lowest BCUT2D eigenvalue weighted by Gasteiger charge is -2.41. The first kappa shape index (κ1) is 8.86. The van der Waals surface area contributed by atoms with E-state index < -0.39 is 44.9 Å². The third-order valence-corrected chi connectivity index (χ3v) is 2.30. The van der Waals surface area contributed by atoms with Crippen LogP contribution in [0.25, 0.3) is 0 Å². The van der Waals surface area contributed by atoms with Crippen LogP contribution in [0.3, 0.4) is 0 Å². The molecular formula is C9H18O6. The van der Waals surface area contributed by atoms with Gasteiger partial charge in [-0.15, -0.1) is 0 Å². The predicted molar refractivity (Wildman–Crippen MR) is 50.4 cm³/mol. The lowest BCUT2D eigenvalue weighted by Crippen LogP contribution is -2.59. The molecule has 1 aliphatic heterocycles. The summed E-state index contributed by atoms with van der Waals surface area (Å²) in [5, 5.41) is 19.6. The minimum absolute atomic E-state index is 0.0458. The van der Waals surface area contributed by atoms with Gasteiger partial charge in [0.05, 0.1) is 10.7 Å². The third-order valence-electron chi connectivity index (χ3n) is 2.30. The van der Waals surface area contributed by atoms with E-state index in [1.54, 1.807) is 0 Å². The van der Waals surface area contributed by atoms with Crippen molar-refractivity contribution in [1.82, 2.24) is 0 Å². The Bertz CT molecular complexity index is 232. The fourth-order valence-corrected chi connectivity index (χ4v) is 1.55. The standard InChI is InChI=1S/C9H18O6/c1-12-4-5-7(13-2)6(10)8(14-3)9(11)15-5/h5-11H,4H2,1-3H3/t5-,6+,7-,8-,9?/m1/s1/i1D,2D,3D. The molecule has 1 fully saturated rings. The van der Waals surface area contributed by atoms with Gasteiger partial charge in [-0.25, -0.2) is 0 Å². The number of aliphatic hydroxyl groups is 2. The van der Waals surface area contributed by atoms with Crippen molar-refractivity contribution in [3.05, 3.63) is 0 Å². The van der Waals surface area contributed by atoms with Crippen LogP contribution in [-0.4, -0.2) is 68.8 Å². The van der Waals surface area contributed by atoms with E-state index in [1.807, 2.05) is 0 Å². The van der Waals surface area contributed by atoms with Crippen molar-refractivity contribution in [1.29, 1.82) is 0 Å². The van der Waals surface area contributed by atoms with Gasteiger partial charge in [-0.3, -0.25) is 0 Å². The number of hydrogen-bond acceptors (Lipinski definition) is 6. The zero-order valence-corrected chi connectivity index (χ0v) is 8.24. The van der Waals surface area contributed by atoms with E-state index >= 15 is 0 Å². The molecule has 0 spiro atoms. The van der Waals surface area contributed by atoms with Crippen LogP contribution in [0.1, 0.15) is 4.11 Å². The first-order chi connectivity index (χ1) is 8.65. The smallest absolute Gasteiger partial charge is 0.184 e. The van der Waals surface area contributed by atoms with E-state index in [9.17, 15) is 10.2 Å². The van der Waals surface area contributed by atoms with Crippen molar-refractivity contribution in [3.8, 4) is 0 Å². The number of rotatable bonds is 4. The Morgan fingerprint density at radius 3 is 2.60 bits per heavy atom. The molecule has 15 heavy (non-hydrogen) atoms. The zero-order valence-electron chi connectivity index (χ0n) is 11.2. The second-order valence-corrected chi connectivity index (χ2v) is 3.19. The van der Waals surface area contributed by atoms with E-state index in [1.165, 1.54) is 0 Å². The van der Waals surface area contributed by atoms with Crippen molar-refractivity contribution in [2.75, 3.05) is 27.9 Å². The number of methoxy groups -OCH3 is 3.